The number of amidine groups is 1. The van der Waals surface area contributed by atoms with Crippen LogP contribution >= 0.6 is 11.6 Å². The summed E-state index contributed by atoms with van der Waals surface area (Å²) in [7, 11) is 2.51. The van der Waals surface area contributed by atoms with Crippen LogP contribution in [0.5, 0.6) is 0 Å². The summed E-state index contributed by atoms with van der Waals surface area (Å²) in [5.74, 6) is -0.0374. The van der Waals surface area contributed by atoms with Crippen LogP contribution in [0.25, 0.3) is 0 Å². The Morgan fingerprint density at radius 3 is 2.40 bits per heavy atom. The molecular weight excluding hydrogens is 297 g/mol. The Bertz CT molecular complexity index is 488. The van der Waals surface area contributed by atoms with Crippen LogP contribution in [0, 0.1) is 0 Å². The highest BCUT2D eigenvalue weighted by atomic mass is 35.5. The molecule has 2 N–H and O–H groups in total. The van der Waals surface area contributed by atoms with E-state index in [1.807, 2.05) is 0 Å². The quantitative estimate of drug-likeness (QED) is 0.393. The van der Waals surface area contributed by atoms with Crippen LogP contribution in [0.15, 0.2) is 23.2 Å². The topological polar surface area (TPSA) is 56.8 Å². The third-order valence-electron chi connectivity index (χ3n) is 2.43. The van der Waals surface area contributed by atoms with Crippen LogP contribution in [0.1, 0.15) is 17.4 Å². The van der Waals surface area contributed by atoms with Crippen LogP contribution in [-0.2, 0) is 15.7 Å². The van der Waals surface area contributed by atoms with Crippen LogP contribution in [0.3, 0.4) is 0 Å². The number of rotatable bonds is 5. The number of aliphatic imine (C=N–C) groups is 1. The molecule has 0 saturated carbocycles. The molecule has 0 amide bonds. The van der Waals surface area contributed by atoms with Crippen molar-refractivity contribution in [3.8, 4) is 0 Å². The lowest BCUT2D eigenvalue weighted by molar-refractivity contribution is -0.147. The predicted molar refractivity (Wildman–Crippen MR) is 70.2 cm³/mol. The molecule has 112 valence electrons. The maximum Gasteiger partial charge on any atom is 0.416 e. The van der Waals surface area contributed by atoms with Gasteiger partial charge in [-0.15, -0.1) is 11.6 Å². The minimum absolute atomic E-state index is 0.0302. The summed E-state index contributed by atoms with van der Waals surface area (Å²) >= 11 is 5.44. The third kappa shape index (κ3) is 4.09. The van der Waals surface area contributed by atoms with Gasteiger partial charge in [0.05, 0.1) is 17.1 Å². The van der Waals surface area contributed by atoms with Crippen molar-refractivity contribution in [1.82, 2.24) is 0 Å². The van der Waals surface area contributed by atoms with E-state index in [1.54, 1.807) is 0 Å². The smallest absolute Gasteiger partial charge is 0.386 e. The average molecular weight is 311 g/mol. The molecule has 0 atom stereocenters. The molecule has 0 fully saturated rings. The monoisotopic (exact) mass is 310 g/mol. The van der Waals surface area contributed by atoms with Gasteiger partial charge in [-0.05, 0) is 12.1 Å². The number of nitrogens with two attached hydrogens (primary N) is 1. The Morgan fingerprint density at radius 2 is 1.95 bits per heavy atom. The summed E-state index contributed by atoms with van der Waals surface area (Å²) in [5.41, 5.74) is 4.43. The van der Waals surface area contributed by atoms with Gasteiger partial charge in [0.15, 0.2) is 6.29 Å². The Hall–Kier alpha value is -1.31. The molecule has 0 aliphatic rings. The van der Waals surface area contributed by atoms with Crippen molar-refractivity contribution in [2.24, 2.45) is 10.7 Å². The van der Waals surface area contributed by atoms with Crippen molar-refractivity contribution in [1.29, 1.82) is 0 Å². The lowest BCUT2D eigenvalue weighted by Crippen LogP contribution is -2.15. The summed E-state index contributed by atoms with van der Waals surface area (Å²) in [6, 6.07) is 3.50. The van der Waals surface area contributed by atoms with Crippen molar-refractivity contribution in [2.45, 2.75) is 12.5 Å². The fourth-order valence-corrected chi connectivity index (χ4v) is 1.67. The standard InChI is InChI=1S/C12H14ClF3N2O2/c1-19-11(20-2)8-4-3-7(18-10(17)6-13)5-9(8)12(14,15)16/h3-5,11H,6H2,1-2H3,(H2,17,18). The molecule has 8 heteroatoms. The number of halogens is 4. The maximum absolute atomic E-state index is 13.1. The first-order valence-electron chi connectivity index (χ1n) is 5.49. The molecule has 20 heavy (non-hydrogen) atoms. The van der Waals surface area contributed by atoms with Gasteiger partial charge in [-0.3, -0.25) is 0 Å². The van der Waals surface area contributed by atoms with E-state index < -0.39 is 18.0 Å². The summed E-state index contributed by atoms with van der Waals surface area (Å²) in [4.78, 5) is 3.78. The van der Waals surface area contributed by atoms with Gasteiger partial charge in [-0.25, -0.2) is 4.99 Å². The van der Waals surface area contributed by atoms with E-state index in [0.717, 1.165) is 6.07 Å². The Balaban J connectivity index is 3.34. The van der Waals surface area contributed by atoms with Crippen molar-refractivity contribution in [3.05, 3.63) is 29.3 Å². The number of hydrogen-bond donors (Lipinski definition) is 1. The van der Waals surface area contributed by atoms with Gasteiger partial charge in [-0.1, -0.05) is 6.07 Å². The molecule has 0 aliphatic carbocycles. The molecule has 0 aliphatic heterocycles. The first kappa shape index (κ1) is 16.7. The maximum atomic E-state index is 13.1. The highest BCUT2D eigenvalue weighted by Crippen LogP contribution is 2.37. The fraction of sp³-hybridized carbons (Fsp3) is 0.417. The highest BCUT2D eigenvalue weighted by Gasteiger charge is 2.35. The lowest BCUT2D eigenvalue weighted by Gasteiger charge is -2.19. The number of benzene rings is 1. The number of methoxy groups -OCH3 is 2. The summed E-state index contributed by atoms with van der Waals surface area (Å²) in [6.45, 7) is 0. The van der Waals surface area contributed by atoms with Gasteiger partial charge in [-0.2, -0.15) is 13.2 Å². The van der Waals surface area contributed by atoms with E-state index in [-0.39, 0.29) is 23.0 Å². The van der Waals surface area contributed by atoms with E-state index in [4.69, 9.17) is 26.8 Å². The molecule has 4 nitrogen and oxygen atoms in total. The fourth-order valence-electron chi connectivity index (χ4n) is 1.61. The Morgan fingerprint density at radius 1 is 1.35 bits per heavy atom. The Labute approximate surface area is 119 Å². The molecule has 1 aromatic carbocycles. The molecule has 0 bridgehead atoms. The predicted octanol–water partition coefficient (Wildman–Crippen LogP) is 3.22. The molecule has 1 aromatic rings. The molecule has 0 radical (unpaired) electrons. The molecule has 0 aromatic heterocycles. The Kier molecular flexibility index (Phi) is 5.79. The van der Waals surface area contributed by atoms with E-state index in [0.29, 0.717) is 0 Å². The molecular formula is C12H14ClF3N2O2. The van der Waals surface area contributed by atoms with Gasteiger partial charge in [0, 0.05) is 19.8 Å². The van der Waals surface area contributed by atoms with Gasteiger partial charge in [0.2, 0.25) is 0 Å². The summed E-state index contributed by atoms with van der Waals surface area (Å²) < 4.78 is 48.9. The third-order valence-corrected chi connectivity index (χ3v) is 2.71. The zero-order valence-electron chi connectivity index (χ0n) is 10.9. The van der Waals surface area contributed by atoms with Gasteiger partial charge < -0.3 is 15.2 Å². The molecule has 0 saturated heterocycles. The summed E-state index contributed by atoms with van der Waals surface area (Å²) in [5, 5.41) is 0. The van der Waals surface area contributed by atoms with Crippen molar-refractivity contribution >= 4 is 23.1 Å². The second kappa shape index (κ2) is 6.92. The number of nitrogens with zero attached hydrogens (tertiary/aromatic N) is 1. The highest BCUT2D eigenvalue weighted by molar-refractivity contribution is 6.28. The second-order valence-corrected chi connectivity index (χ2v) is 4.08. The minimum atomic E-state index is -4.56. The van der Waals surface area contributed by atoms with Crippen LogP contribution < -0.4 is 5.73 Å². The molecule has 0 unspecified atom stereocenters. The van der Waals surface area contributed by atoms with Gasteiger partial charge >= 0.3 is 6.18 Å². The first-order valence-corrected chi connectivity index (χ1v) is 6.02. The molecule has 1 rings (SSSR count). The normalized spacial score (nSPS) is 13.1. The van der Waals surface area contributed by atoms with Crippen molar-refractivity contribution in [3.63, 3.8) is 0 Å². The van der Waals surface area contributed by atoms with Crippen LogP contribution in [0.4, 0.5) is 18.9 Å². The van der Waals surface area contributed by atoms with Crippen molar-refractivity contribution < 1.29 is 22.6 Å². The first-order chi connectivity index (χ1) is 9.33. The van der Waals surface area contributed by atoms with E-state index in [1.165, 1.54) is 26.4 Å². The average Bonchev–Trinajstić information content (AvgIpc) is 2.40. The van der Waals surface area contributed by atoms with E-state index >= 15 is 0 Å². The van der Waals surface area contributed by atoms with Crippen LogP contribution in [0.2, 0.25) is 0 Å². The van der Waals surface area contributed by atoms with Gasteiger partial charge in [0.1, 0.15) is 5.84 Å². The van der Waals surface area contributed by atoms with Gasteiger partial charge in [0.25, 0.3) is 0 Å². The minimum Gasteiger partial charge on any atom is -0.386 e. The largest absolute Gasteiger partial charge is 0.416 e. The summed E-state index contributed by atoms with van der Waals surface area (Å²) in [6.07, 6.45) is -5.68. The van der Waals surface area contributed by atoms with Crippen LogP contribution in [-0.4, -0.2) is 25.9 Å². The van der Waals surface area contributed by atoms with E-state index in [2.05, 4.69) is 4.99 Å². The number of hydrogen-bond acceptors (Lipinski definition) is 3. The molecule has 0 heterocycles. The number of alkyl halides is 4. The van der Waals surface area contributed by atoms with Crippen molar-refractivity contribution in [2.75, 3.05) is 20.1 Å². The van der Waals surface area contributed by atoms with E-state index in [9.17, 15) is 13.2 Å². The zero-order valence-corrected chi connectivity index (χ0v) is 11.6. The number of ether oxygens (including phenoxy) is 2. The zero-order chi connectivity index (χ0) is 15.3. The SMILES string of the molecule is COC(OC)c1ccc(N=C(N)CCl)cc1C(F)(F)F. The second-order valence-electron chi connectivity index (χ2n) is 3.81. The molecule has 0 spiro atoms. The lowest BCUT2D eigenvalue weighted by atomic mass is 10.1.